The van der Waals surface area contributed by atoms with Crippen LogP contribution in [0.1, 0.15) is 16.5 Å². The van der Waals surface area contributed by atoms with Gasteiger partial charge in [0.1, 0.15) is 0 Å². The van der Waals surface area contributed by atoms with Gasteiger partial charge in [0, 0.05) is 21.6 Å². The molecule has 104 valence electrons. The van der Waals surface area contributed by atoms with Crippen LogP contribution < -0.4 is 0 Å². The SMILES string of the molecule is O=[N+]([O-])c1ccc(CC(Cl)c2cc(Cl)ccc2Br)cc1. The van der Waals surface area contributed by atoms with Crippen molar-refractivity contribution < 1.29 is 4.92 Å². The van der Waals surface area contributed by atoms with Crippen LogP contribution in [0.5, 0.6) is 0 Å². The standard InChI is InChI=1S/C14H10BrCl2NO2/c15-13-6-3-10(16)8-12(13)14(17)7-9-1-4-11(5-2-9)18(19)20/h1-6,8,14H,7H2. The number of rotatable bonds is 4. The highest BCUT2D eigenvalue weighted by Crippen LogP contribution is 2.33. The molecule has 0 heterocycles. The molecule has 0 bridgehead atoms. The molecule has 0 aliphatic rings. The fourth-order valence-electron chi connectivity index (χ4n) is 1.83. The molecule has 2 aromatic carbocycles. The van der Waals surface area contributed by atoms with Crippen molar-refractivity contribution >= 4 is 44.8 Å². The van der Waals surface area contributed by atoms with E-state index in [4.69, 9.17) is 23.2 Å². The van der Waals surface area contributed by atoms with Crippen molar-refractivity contribution in [3.8, 4) is 0 Å². The summed E-state index contributed by atoms with van der Waals surface area (Å²) in [6.45, 7) is 0. The lowest BCUT2D eigenvalue weighted by atomic mass is 10.0. The van der Waals surface area contributed by atoms with Crippen LogP contribution in [0.15, 0.2) is 46.9 Å². The molecule has 0 saturated heterocycles. The Morgan fingerprint density at radius 3 is 2.45 bits per heavy atom. The molecule has 0 aliphatic carbocycles. The van der Waals surface area contributed by atoms with Crippen molar-refractivity contribution in [3.05, 3.63) is 73.2 Å². The molecule has 2 aromatic rings. The molecule has 20 heavy (non-hydrogen) atoms. The van der Waals surface area contributed by atoms with Crippen molar-refractivity contribution in [3.63, 3.8) is 0 Å². The second kappa shape index (κ2) is 6.57. The van der Waals surface area contributed by atoms with E-state index in [1.165, 1.54) is 12.1 Å². The highest BCUT2D eigenvalue weighted by Gasteiger charge is 2.14. The number of halogens is 3. The Morgan fingerprint density at radius 2 is 1.85 bits per heavy atom. The monoisotopic (exact) mass is 373 g/mol. The van der Waals surface area contributed by atoms with Crippen molar-refractivity contribution in [2.24, 2.45) is 0 Å². The lowest BCUT2D eigenvalue weighted by Gasteiger charge is -2.12. The van der Waals surface area contributed by atoms with Gasteiger partial charge in [0.05, 0.1) is 10.3 Å². The molecule has 0 amide bonds. The van der Waals surface area contributed by atoms with E-state index in [0.717, 1.165) is 15.6 Å². The smallest absolute Gasteiger partial charge is 0.258 e. The lowest BCUT2D eigenvalue weighted by Crippen LogP contribution is -1.97. The topological polar surface area (TPSA) is 43.1 Å². The van der Waals surface area contributed by atoms with E-state index >= 15 is 0 Å². The molecule has 2 rings (SSSR count). The van der Waals surface area contributed by atoms with Gasteiger partial charge in [0.25, 0.3) is 5.69 Å². The molecule has 0 saturated carbocycles. The summed E-state index contributed by atoms with van der Waals surface area (Å²) < 4.78 is 0.892. The molecule has 1 atom stereocenters. The summed E-state index contributed by atoms with van der Waals surface area (Å²) in [6.07, 6.45) is 0.568. The molecular formula is C14H10BrCl2NO2. The van der Waals surface area contributed by atoms with E-state index in [-0.39, 0.29) is 11.1 Å². The van der Waals surface area contributed by atoms with Crippen molar-refractivity contribution in [1.29, 1.82) is 0 Å². The quantitative estimate of drug-likeness (QED) is 0.401. The van der Waals surface area contributed by atoms with E-state index in [0.29, 0.717) is 11.4 Å². The number of nitro benzene ring substituents is 1. The van der Waals surface area contributed by atoms with Gasteiger partial charge in [-0.25, -0.2) is 0 Å². The van der Waals surface area contributed by atoms with Gasteiger partial charge in [-0.05, 0) is 35.7 Å². The Kier molecular flexibility index (Phi) is 5.02. The van der Waals surface area contributed by atoms with Gasteiger partial charge in [0.15, 0.2) is 0 Å². The van der Waals surface area contributed by atoms with Gasteiger partial charge in [0.2, 0.25) is 0 Å². The van der Waals surface area contributed by atoms with Gasteiger partial charge in [-0.2, -0.15) is 0 Å². The predicted octanol–water partition coefficient (Wildman–Crippen LogP) is 5.53. The van der Waals surface area contributed by atoms with Crippen LogP contribution in [0.25, 0.3) is 0 Å². The van der Waals surface area contributed by atoms with Crippen LogP contribution in [0, 0.1) is 10.1 Å². The summed E-state index contributed by atoms with van der Waals surface area (Å²) in [5, 5.41) is 11.0. The van der Waals surface area contributed by atoms with Crippen LogP contribution in [0.2, 0.25) is 5.02 Å². The normalized spacial score (nSPS) is 12.2. The summed E-state index contributed by atoms with van der Waals surface area (Å²) >= 11 is 15.8. The maximum absolute atomic E-state index is 10.6. The summed E-state index contributed by atoms with van der Waals surface area (Å²) in [4.78, 5) is 10.2. The third-order valence-corrected chi connectivity index (χ3v) is 4.20. The summed E-state index contributed by atoms with van der Waals surface area (Å²) in [5.74, 6) is 0. The lowest BCUT2D eigenvalue weighted by molar-refractivity contribution is -0.384. The van der Waals surface area contributed by atoms with Gasteiger partial charge < -0.3 is 0 Å². The second-order valence-electron chi connectivity index (χ2n) is 4.26. The maximum atomic E-state index is 10.6. The number of nitrogens with zero attached hydrogens (tertiary/aromatic N) is 1. The minimum atomic E-state index is -0.421. The van der Waals surface area contributed by atoms with E-state index in [2.05, 4.69) is 15.9 Å². The Bertz CT molecular complexity index is 632. The van der Waals surface area contributed by atoms with Crippen molar-refractivity contribution in [2.75, 3.05) is 0 Å². The van der Waals surface area contributed by atoms with Crippen LogP contribution >= 0.6 is 39.1 Å². The molecule has 1 unspecified atom stereocenters. The third kappa shape index (κ3) is 3.72. The minimum Gasteiger partial charge on any atom is -0.258 e. The second-order valence-corrected chi connectivity index (χ2v) is 6.08. The van der Waals surface area contributed by atoms with Crippen LogP contribution in [0.4, 0.5) is 5.69 Å². The van der Waals surface area contributed by atoms with Crippen molar-refractivity contribution in [1.82, 2.24) is 0 Å². The van der Waals surface area contributed by atoms with Gasteiger partial charge in [-0.1, -0.05) is 39.7 Å². The zero-order valence-electron chi connectivity index (χ0n) is 10.2. The fourth-order valence-corrected chi connectivity index (χ4v) is 3.02. The highest BCUT2D eigenvalue weighted by molar-refractivity contribution is 9.10. The number of benzene rings is 2. The Morgan fingerprint density at radius 1 is 1.20 bits per heavy atom. The first-order valence-corrected chi connectivity index (χ1v) is 7.40. The van der Waals surface area contributed by atoms with Gasteiger partial charge >= 0.3 is 0 Å². The first-order valence-electron chi connectivity index (χ1n) is 5.79. The Hall–Kier alpha value is -1.10. The molecule has 6 heteroatoms. The first kappa shape index (κ1) is 15.3. The van der Waals surface area contributed by atoms with E-state index in [1.807, 2.05) is 12.1 Å². The maximum Gasteiger partial charge on any atom is 0.269 e. The Balaban J connectivity index is 2.16. The number of hydrogen-bond acceptors (Lipinski definition) is 2. The van der Waals surface area contributed by atoms with Crippen LogP contribution in [-0.4, -0.2) is 4.92 Å². The van der Waals surface area contributed by atoms with Crippen LogP contribution in [-0.2, 0) is 6.42 Å². The molecule has 0 aliphatic heterocycles. The molecule has 0 radical (unpaired) electrons. The molecule has 0 aromatic heterocycles. The van der Waals surface area contributed by atoms with E-state index in [1.54, 1.807) is 18.2 Å². The minimum absolute atomic E-state index is 0.0730. The number of alkyl halides is 1. The molecule has 0 N–H and O–H groups in total. The molecular weight excluding hydrogens is 365 g/mol. The number of nitro groups is 1. The number of non-ortho nitro benzene ring substituents is 1. The fraction of sp³-hybridized carbons (Fsp3) is 0.143. The zero-order chi connectivity index (χ0) is 14.7. The first-order chi connectivity index (χ1) is 9.47. The van der Waals surface area contributed by atoms with E-state index in [9.17, 15) is 10.1 Å². The summed E-state index contributed by atoms with van der Waals surface area (Å²) in [7, 11) is 0. The van der Waals surface area contributed by atoms with Crippen LogP contribution in [0.3, 0.4) is 0 Å². The molecule has 0 spiro atoms. The zero-order valence-corrected chi connectivity index (χ0v) is 13.3. The number of hydrogen-bond donors (Lipinski definition) is 0. The largest absolute Gasteiger partial charge is 0.269 e. The molecule has 3 nitrogen and oxygen atoms in total. The average molecular weight is 375 g/mol. The highest BCUT2D eigenvalue weighted by atomic mass is 79.9. The van der Waals surface area contributed by atoms with Gasteiger partial charge in [-0.15, -0.1) is 11.6 Å². The predicted molar refractivity (Wildman–Crippen MR) is 84.5 cm³/mol. The van der Waals surface area contributed by atoms with E-state index < -0.39 is 4.92 Å². The molecule has 0 fully saturated rings. The summed E-state index contributed by atoms with van der Waals surface area (Å²) in [5.41, 5.74) is 1.91. The van der Waals surface area contributed by atoms with Crippen molar-refractivity contribution in [2.45, 2.75) is 11.8 Å². The Labute approximate surface area is 134 Å². The average Bonchev–Trinajstić information content (AvgIpc) is 2.42. The van der Waals surface area contributed by atoms with Gasteiger partial charge in [-0.3, -0.25) is 10.1 Å². The summed E-state index contributed by atoms with van der Waals surface area (Å²) in [6, 6.07) is 11.8. The third-order valence-electron chi connectivity index (χ3n) is 2.86.